The maximum Gasteiger partial charge on any atom is 0.159 e. The third-order valence-electron chi connectivity index (χ3n) is 5.63. The second-order valence-corrected chi connectivity index (χ2v) is 7.36. The number of anilines is 2. The number of hydrogen-bond acceptors (Lipinski definition) is 3. The summed E-state index contributed by atoms with van der Waals surface area (Å²) in [7, 11) is 0. The van der Waals surface area contributed by atoms with E-state index in [2.05, 4.69) is 60.0 Å². The number of piperazine rings is 1. The monoisotopic (exact) mass is 366 g/mol. The SMILES string of the molecule is CCN(CC)c1ccc(C[NH+]2CCN(c3ccc(C(C)=O)cc3)CC2)cc1. The van der Waals surface area contributed by atoms with Crippen LogP contribution in [0.5, 0.6) is 0 Å². The highest BCUT2D eigenvalue weighted by atomic mass is 16.1. The fourth-order valence-electron chi connectivity index (χ4n) is 3.87. The zero-order valence-electron chi connectivity index (χ0n) is 16.9. The van der Waals surface area contributed by atoms with Crippen LogP contribution in [0.1, 0.15) is 36.7 Å². The molecule has 2 aromatic carbocycles. The number of nitrogens with one attached hydrogen (secondary N) is 1. The van der Waals surface area contributed by atoms with Crippen LogP contribution < -0.4 is 14.7 Å². The van der Waals surface area contributed by atoms with Crippen molar-refractivity contribution in [3.8, 4) is 0 Å². The molecule has 27 heavy (non-hydrogen) atoms. The van der Waals surface area contributed by atoms with Gasteiger partial charge < -0.3 is 14.7 Å². The summed E-state index contributed by atoms with van der Waals surface area (Å²) in [5.74, 6) is 0.128. The minimum atomic E-state index is 0.128. The average molecular weight is 367 g/mol. The maximum absolute atomic E-state index is 11.4. The third-order valence-corrected chi connectivity index (χ3v) is 5.63. The quantitative estimate of drug-likeness (QED) is 0.764. The topological polar surface area (TPSA) is 28.0 Å². The summed E-state index contributed by atoms with van der Waals surface area (Å²) in [5.41, 5.74) is 4.75. The molecule has 0 radical (unpaired) electrons. The molecule has 0 bridgehead atoms. The van der Waals surface area contributed by atoms with E-state index in [0.29, 0.717) is 0 Å². The Kier molecular flexibility index (Phi) is 6.51. The molecule has 0 amide bonds. The first-order chi connectivity index (χ1) is 13.1. The van der Waals surface area contributed by atoms with Gasteiger partial charge in [0.1, 0.15) is 6.54 Å². The molecule has 0 spiro atoms. The minimum Gasteiger partial charge on any atom is -0.372 e. The van der Waals surface area contributed by atoms with Gasteiger partial charge in [-0.3, -0.25) is 4.79 Å². The molecule has 1 heterocycles. The molecule has 3 rings (SSSR count). The van der Waals surface area contributed by atoms with E-state index in [-0.39, 0.29) is 5.78 Å². The van der Waals surface area contributed by atoms with Crippen molar-refractivity contribution in [2.75, 3.05) is 49.1 Å². The van der Waals surface area contributed by atoms with Crippen LogP contribution in [0.2, 0.25) is 0 Å². The highest BCUT2D eigenvalue weighted by molar-refractivity contribution is 5.94. The Hall–Kier alpha value is -2.33. The molecule has 0 aliphatic carbocycles. The van der Waals surface area contributed by atoms with Gasteiger partial charge in [0.25, 0.3) is 0 Å². The Bertz CT molecular complexity index is 727. The molecular weight excluding hydrogens is 334 g/mol. The number of nitrogens with zero attached hydrogens (tertiary/aromatic N) is 2. The van der Waals surface area contributed by atoms with E-state index in [1.54, 1.807) is 11.8 Å². The first-order valence-corrected chi connectivity index (χ1v) is 10.1. The molecular formula is C23H32N3O+. The Morgan fingerprint density at radius 3 is 2.07 bits per heavy atom. The van der Waals surface area contributed by atoms with Crippen LogP contribution in [-0.2, 0) is 6.54 Å². The van der Waals surface area contributed by atoms with Crippen molar-refractivity contribution in [3.63, 3.8) is 0 Å². The molecule has 0 atom stereocenters. The van der Waals surface area contributed by atoms with Crippen LogP contribution in [0.15, 0.2) is 48.5 Å². The van der Waals surface area contributed by atoms with Gasteiger partial charge in [-0.15, -0.1) is 0 Å². The van der Waals surface area contributed by atoms with Gasteiger partial charge in [0.05, 0.1) is 26.2 Å². The number of carbonyl (C=O) groups is 1. The number of quaternary nitrogens is 1. The maximum atomic E-state index is 11.4. The summed E-state index contributed by atoms with van der Waals surface area (Å²) >= 11 is 0. The van der Waals surface area contributed by atoms with Gasteiger partial charge in [-0.1, -0.05) is 12.1 Å². The molecule has 1 aliphatic rings. The molecule has 1 saturated heterocycles. The molecule has 144 valence electrons. The second kappa shape index (κ2) is 9.05. The normalized spacial score (nSPS) is 15.0. The molecule has 0 aromatic heterocycles. The number of Topliss-reactive ketones (excluding diaryl/α,β-unsaturated/α-hetero) is 1. The predicted molar refractivity (Wildman–Crippen MR) is 113 cm³/mol. The van der Waals surface area contributed by atoms with E-state index < -0.39 is 0 Å². The van der Waals surface area contributed by atoms with Crippen LogP contribution in [0.4, 0.5) is 11.4 Å². The Balaban J connectivity index is 1.52. The first-order valence-electron chi connectivity index (χ1n) is 10.1. The van der Waals surface area contributed by atoms with Crippen molar-refractivity contribution >= 4 is 17.2 Å². The van der Waals surface area contributed by atoms with Crippen molar-refractivity contribution < 1.29 is 9.69 Å². The average Bonchev–Trinajstić information content (AvgIpc) is 2.71. The fourth-order valence-corrected chi connectivity index (χ4v) is 3.87. The lowest BCUT2D eigenvalue weighted by Crippen LogP contribution is -3.13. The van der Waals surface area contributed by atoms with E-state index in [1.165, 1.54) is 16.9 Å². The van der Waals surface area contributed by atoms with Crippen LogP contribution in [0.25, 0.3) is 0 Å². The Morgan fingerprint density at radius 2 is 1.56 bits per heavy atom. The van der Waals surface area contributed by atoms with Crippen LogP contribution in [0.3, 0.4) is 0 Å². The smallest absolute Gasteiger partial charge is 0.159 e. The van der Waals surface area contributed by atoms with Gasteiger partial charge in [-0.2, -0.15) is 0 Å². The van der Waals surface area contributed by atoms with Gasteiger partial charge in [0, 0.05) is 35.6 Å². The third kappa shape index (κ3) is 4.89. The lowest BCUT2D eigenvalue weighted by molar-refractivity contribution is -0.914. The summed E-state index contributed by atoms with van der Waals surface area (Å²) in [5, 5.41) is 0. The summed E-state index contributed by atoms with van der Waals surface area (Å²) in [6.45, 7) is 13.6. The zero-order chi connectivity index (χ0) is 19.2. The standard InChI is InChI=1S/C23H31N3O/c1-4-25(5-2)22-10-6-20(7-11-22)18-24-14-16-26(17-15-24)23-12-8-21(9-13-23)19(3)27/h6-13H,4-5,14-18H2,1-3H3/p+1. The summed E-state index contributed by atoms with van der Waals surface area (Å²) < 4.78 is 0. The number of hydrogen-bond donors (Lipinski definition) is 1. The van der Waals surface area contributed by atoms with Crippen LogP contribution in [-0.4, -0.2) is 45.1 Å². The van der Waals surface area contributed by atoms with E-state index in [1.807, 2.05) is 12.1 Å². The molecule has 0 unspecified atom stereocenters. The Morgan fingerprint density at radius 1 is 0.963 bits per heavy atom. The minimum absolute atomic E-state index is 0.128. The zero-order valence-corrected chi connectivity index (χ0v) is 16.9. The van der Waals surface area contributed by atoms with E-state index in [4.69, 9.17) is 0 Å². The van der Waals surface area contributed by atoms with Gasteiger partial charge in [-0.05, 0) is 57.2 Å². The van der Waals surface area contributed by atoms with Crippen molar-refractivity contribution in [3.05, 3.63) is 59.7 Å². The van der Waals surface area contributed by atoms with Gasteiger partial charge in [0.2, 0.25) is 0 Å². The van der Waals surface area contributed by atoms with Crippen LogP contribution >= 0.6 is 0 Å². The first kappa shape index (κ1) is 19.4. The van der Waals surface area contributed by atoms with Gasteiger partial charge >= 0.3 is 0 Å². The number of carbonyl (C=O) groups excluding carboxylic acids is 1. The van der Waals surface area contributed by atoms with E-state index >= 15 is 0 Å². The second-order valence-electron chi connectivity index (χ2n) is 7.36. The molecule has 4 nitrogen and oxygen atoms in total. The number of benzene rings is 2. The lowest BCUT2D eigenvalue weighted by atomic mass is 10.1. The predicted octanol–water partition coefficient (Wildman–Crippen LogP) is 2.64. The summed E-state index contributed by atoms with van der Waals surface area (Å²) in [4.78, 5) is 17.9. The lowest BCUT2D eigenvalue weighted by Gasteiger charge is -2.33. The number of rotatable bonds is 7. The largest absolute Gasteiger partial charge is 0.372 e. The van der Waals surface area contributed by atoms with Crippen molar-refractivity contribution in [2.45, 2.75) is 27.3 Å². The molecule has 0 saturated carbocycles. The van der Waals surface area contributed by atoms with Crippen molar-refractivity contribution in [2.24, 2.45) is 0 Å². The van der Waals surface area contributed by atoms with Gasteiger partial charge in [0.15, 0.2) is 5.78 Å². The fraction of sp³-hybridized carbons (Fsp3) is 0.435. The van der Waals surface area contributed by atoms with Gasteiger partial charge in [-0.25, -0.2) is 0 Å². The highest BCUT2D eigenvalue weighted by Crippen LogP contribution is 2.16. The summed E-state index contributed by atoms with van der Waals surface area (Å²) in [6, 6.07) is 17.1. The summed E-state index contributed by atoms with van der Waals surface area (Å²) in [6.07, 6.45) is 0. The number of ketones is 1. The Labute approximate surface area is 163 Å². The highest BCUT2D eigenvalue weighted by Gasteiger charge is 2.20. The van der Waals surface area contributed by atoms with Crippen molar-refractivity contribution in [1.29, 1.82) is 0 Å². The molecule has 1 N–H and O–H groups in total. The van der Waals surface area contributed by atoms with E-state index in [0.717, 1.165) is 51.4 Å². The molecule has 2 aromatic rings. The molecule has 1 fully saturated rings. The van der Waals surface area contributed by atoms with E-state index in [9.17, 15) is 4.79 Å². The molecule has 1 aliphatic heterocycles. The van der Waals surface area contributed by atoms with Crippen molar-refractivity contribution in [1.82, 2.24) is 0 Å². The van der Waals surface area contributed by atoms with Crippen LogP contribution in [0, 0.1) is 0 Å². The molecule has 4 heteroatoms.